The average Bonchev–Trinajstić information content (AvgIpc) is 2.29. The lowest BCUT2D eigenvalue weighted by atomic mass is 9.97. The van der Waals surface area contributed by atoms with Gasteiger partial charge in [0.1, 0.15) is 18.3 Å². The molecular weight excluding hydrogens is 214 g/mol. The fourth-order valence-electron chi connectivity index (χ4n) is 1.66. The van der Waals surface area contributed by atoms with Crippen LogP contribution in [0, 0.1) is 0 Å². The molecule has 4 N–H and O–H groups in total. The molecule has 0 bridgehead atoms. The Balaban J connectivity index is 2.72. The molecule has 1 aliphatic heterocycles. The Hall–Kier alpha value is -0.660. The van der Waals surface area contributed by atoms with Gasteiger partial charge in [0.25, 0.3) is 0 Å². The molecule has 0 aromatic rings. The van der Waals surface area contributed by atoms with Crippen LogP contribution in [0.15, 0.2) is 12.3 Å². The summed E-state index contributed by atoms with van der Waals surface area (Å²) in [6, 6.07) is -0.612. The predicted molar refractivity (Wildman–Crippen MR) is 56.4 cm³/mol. The fraction of sp³-hybridized carbons (Fsp3) is 0.800. The van der Waals surface area contributed by atoms with Crippen molar-refractivity contribution < 1.29 is 24.4 Å². The van der Waals surface area contributed by atoms with E-state index in [0.29, 0.717) is 0 Å². The zero-order valence-corrected chi connectivity index (χ0v) is 9.45. The van der Waals surface area contributed by atoms with Crippen molar-refractivity contribution >= 4 is 0 Å². The van der Waals surface area contributed by atoms with Crippen LogP contribution in [0.3, 0.4) is 0 Å². The molecule has 16 heavy (non-hydrogen) atoms. The van der Waals surface area contributed by atoms with Crippen molar-refractivity contribution in [3.8, 4) is 0 Å². The fourth-order valence-corrected chi connectivity index (χ4v) is 1.66. The van der Waals surface area contributed by atoms with E-state index in [-0.39, 0.29) is 6.61 Å². The second-order valence-electron chi connectivity index (χ2n) is 3.60. The number of rotatable bonds is 4. The van der Waals surface area contributed by atoms with Crippen LogP contribution in [0.1, 0.15) is 6.92 Å². The van der Waals surface area contributed by atoms with Crippen LogP contribution in [0.4, 0.5) is 0 Å². The van der Waals surface area contributed by atoms with Gasteiger partial charge in [-0.3, -0.25) is 0 Å². The van der Waals surface area contributed by atoms with E-state index in [2.05, 4.69) is 0 Å². The lowest BCUT2D eigenvalue weighted by Crippen LogP contribution is -2.62. The summed E-state index contributed by atoms with van der Waals surface area (Å²) in [5.74, 6) is 0. The molecule has 0 aliphatic carbocycles. The second kappa shape index (κ2) is 6.17. The lowest BCUT2D eigenvalue weighted by molar-refractivity contribution is -0.254. The summed E-state index contributed by atoms with van der Waals surface area (Å²) in [6.07, 6.45) is 0.0681. The van der Waals surface area contributed by atoms with Gasteiger partial charge in [-0.05, 0) is 6.92 Å². The Morgan fingerprint density at radius 3 is 2.69 bits per heavy atom. The van der Waals surface area contributed by atoms with Crippen LogP contribution in [-0.4, -0.2) is 54.6 Å². The highest BCUT2D eigenvalue weighted by Crippen LogP contribution is 2.22. The van der Waals surface area contributed by atoms with E-state index in [1.54, 1.807) is 13.0 Å². The van der Waals surface area contributed by atoms with Gasteiger partial charge in [0, 0.05) is 7.11 Å². The van der Waals surface area contributed by atoms with E-state index < -0.39 is 30.6 Å². The Morgan fingerprint density at radius 2 is 2.19 bits per heavy atom. The molecule has 5 atom stereocenters. The van der Waals surface area contributed by atoms with Gasteiger partial charge in [0.15, 0.2) is 0 Å². The minimum absolute atomic E-state index is 0.316. The van der Waals surface area contributed by atoms with E-state index in [1.807, 2.05) is 0 Å². The van der Waals surface area contributed by atoms with E-state index in [0.717, 1.165) is 0 Å². The average molecular weight is 233 g/mol. The van der Waals surface area contributed by atoms with Crippen LogP contribution in [0.2, 0.25) is 0 Å². The number of allylic oxidation sites excluding steroid dienone is 1. The maximum Gasteiger partial charge on any atom is 0.217 e. The molecule has 6 heteroatoms. The number of ether oxygens (including phenoxy) is 3. The highest BCUT2D eigenvalue weighted by molar-refractivity contribution is 4.93. The van der Waals surface area contributed by atoms with Gasteiger partial charge < -0.3 is 30.2 Å². The summed E-state index contributed by atoms with van der Waals surface area (Å²) in [5.41, 5.74) is 5.83. The Kier molecular flexibility index (Phi) is 5.17. The molecule has 0 amide bonds. The van der Waals surface area contributed by atoms with E-state index in [9.17, 15) is 5.11 Å². The first kappa shape index (κ1) is 13.4. The Morgan fingerprint density at radius 1 is 1.50 bits per heavy atom. The topological polar surface area (TPSA) is 94.2 Å². The number of hydrogen-bond donors (Lipinski definition) is 3. The summed E-state index contributed by atoms with van der Waals surface area (Å²) < 4.78 is 15.6. The van der Waals surface area contributed by atoms with Crippen LogP contribution in [0.5, 0.6) is 0 Å². The molecule has 1 rings (SSSR count). The summed E-state index contributed by atoms with van der Waals surface area (Å²) in [5, 5.41) is 18.8. The highest BCUT2D eigenvalue weighted by Gasteiger charge is 2.44. The van der Waals surface area contributed by atoms with Crippen molar-refractivity contribution in [1.82, 2.24) is 0 Å². The van der Waals surface area contributed by atoms with Gasteiger partial charge in [0.05, 0.1) is 18.9 Å². The maximum absolute atomic E-state index is 9.78. The molecule has 0 radical (unpaired) electrons. The first-order valence-electron chi connectivity index (χ1n) is 5.15. The third-order valence-electron chi connectivity index (χ3n) is 2.52. The molecule has 0 aromatic heterocycles. The molecule has 1 heterocycles. The van der Waals surface area contributed by atoms with E-state index >= 15 is 0 Å². The maximum atomic E-state index is 9.78. The number of hydrogen-bond acceptors (Lipinski definition) is 6. The van der Waals surface area contributed by atoms with Gasteiger partial charge in [-0.25, -0.2) is 0 Å². The summed E-state index contributed by atoms with van der Waals surface area (Å²) in [6.45, 7) is 1.48. The molecule has 1 fully saturated rings. The molecule has 0 spiro atoms. The normalized spacial score (nSPS) is 40.2. The monoisotopic (exact) mass is 233 g/mol. The first-order chi connectivity index (χ1) is 7.65. The number of methoxy groups -OCH3 is 1. The van der Waals surface area contributed by atoms with E-state index in [4.69, 9.17) is 25.1 Å². The van der Waals surface area contributed by atoms with Crippen molar-refractivity contribution in [3.63, 3.8) is 0 Å². The molecule has 0 aromatic carbocycles. The third-order valence-corrected chi connectivity index (χ3v) is 2.52. The van der Waals surface area contributed by atoms with Crippen LogP contribution in [0.25, 0.3) is 0 Å². The van der Waals surface area contributed by atoms with Crippen LogP contribution < -0.4 is 5.73 Å². The van der Waals surface area contributed by atoms with Gasteiger partial charge in [-0.1, -0.05) is 6.08 Å². The standard InChI is InChI=1S/C10H19NO5/c1-3-4-15-10-7(11)9(14-2)8(13)6(5-12)16-10/h3-4,6-10,12-13H,5,11H2,1-2H3/b4-3-/t6-,7-,8-,9-,10+/m1/s1. The summed E-state index contributed by atoms with van der Waals surface area (Å²) in [4.78, 5) is 0. The Bertz CT molecular complexity index is 235. The number of aliphatic hydroxyl groups excluding tert-OH is 2. The van der Waals surface area contributed by atoms with Gasteiger partial charge in [0.2, 0.25) is 6.29 Å². The zero-order chi connectivity index (χ0) is 12.1. The molecule has 1 aliphatic rings. The second-order valence-corrected chi connectivity index (χ2v) is 3.60. The smallest absolute Gasteiger partial charge is 0.217 e. The lowest BCUT2D eigenvalue weighted by Gasteiger charge is -2.41. The molecular formula is C10H19NO5. The highest BCUT2D eigenvalue weighted by atomic mass is 16.7. The van der Waals surface area contributed by atoms with Gasteiger partial charge >= 0.3 is 0 Å². The largest absolute Gasteiger partial charge is 0.471 e. The number of nitrogens with two attached hydrogens (primary N) is 1. The van der Waals surface area contributed by atoms with Crippen molar-refractivity contribution in [1.29, 1.82) is 0 Å². The van der Waals surface area contributed by atoms with Gasteiger partial charge in [-0.15, -0.1) is 0 Å². The van der Waals surface area contributed by atoms with Crippen molar-refractivity contribution in [2.45, 2.75) is 37.6 Å². The molecule has 6 nitrogen and oxygen atoms in total. The predicted octanol–water partition coefficient (Wildman–Crippen LogP) is -1.04. The van der Waals surface area contributed by atoms with Crippen molar-refractivity contribution in [2.75, 3.05) is 13.7 Å². The quantitative estimate of drug-likeness (QED) is 0.537. The van der Waals surface area contributed by atoms with Crippen molar-refractivity contribution in [2.24, 2.45) is 5.73 Å². The van der Waals surface area contributed by atoms with Crippen LogP contribution >= 0.6 is 0 Å². The van der Waals surface area contributed by atoms with Crippen LogP contribution in [-0.2, 0) is 14.2 Å². The molecule has 0 unspecified atom stereocenters. The number of aliphatic hydroxyl groups is 2. The minimum Gasteiger partial charge on any atom is -0.471 e. The van der Waals surface area contributed by atoms with Gasteiger partial charge in [-0.2, -0.15) is 0 Å². The minimum atomic E-state index is -0.963. The molecule has 0 saturated carbocycles. The third kappa shape index (κ3) is 2.72. The van der Waals surface area contributed by atoms with E-state index in [1.165, 1.54) is 13.4 Å². The SMILES string of the molecule is C/C=C\O[C@H]1O[C@H](CO)[C@@H](O)[C@H](OC)[C@H]1N. The summed E-state index contributed by atoms with van der Waals surface area (Å²) >= 11 is 0. The Labute approximate surface area is 94.6 Å². The molecule has 94 valence electrons. The zero-order valence-electron chi connectivity index (χ0n) is 9.45. The van der Waals surface area contributed by atoms with Crippen molar-refractivity contribution in [3.05, 3.63) is 12.3 Å². The summed E-state index contributed by atoms with van der Waals surface area (Å²) in [7, 11) is 1.44. The molecule has 1 saturated heterocycles. The first-order valence-corrected chi connectivity index (χ1v) is 5.15.